The van der Waals surface area contributed by atoms with Gasteiger partial charge in [-0.3, -0.25) is 9.59 Å². The zero-order valence-electron chi connectivity index (χ0n) is 11.1. The fraction of sp³-hybridized carbons (Fsp3) is 0.429. The molecule has 5 heteroatoms. The summed E-state index contributed by atoms with van der Waals surface area (Å²) in [7, 11) is 0. The summed E-state index contributed by atoms with van der Waals surface area (Å²) in [5.74, 6) is -0.921. The molecule has 0 aromatic heterocycles. The lowest BCUT2D eigenvalue weighted by Gasteiger charge is -2.12. The van der Waals surface area contributed by atoms with Gasteiger partial charge in [0, 0.05) is 0 Å². The van der Waals surface area contributed by atoms with E-state index in [4.69, 9.17) is 5.11 Å². The molecule has 1 amide bonds. The van der Waals surface area contributed by atoms with Gasteiger partial charge in [-0.25, -0.2) is 0 Å². The van der Waals surface area contributed by atoms with Gasteiger partial charge in [0.2, 0.25) is 5.91 Å². The van der Waals surface area contributed by atoms with E-state index in [2.05, 4.69) is 29.7 Å². The van der Waals surface area contributed by atoms with E-state index >= 15 is 0 Å². The van der Waals surface area contributed by atoms with Gasteiger partial charge < -0.3 is 15.7 Å². The van der Waals surface area contributed by atoms with Crippen molar-refractivity contribution in [3.05, 3.63) is 35.9 Å². The van der Waals surface area contributed by atoms with Crippen LogP contribution in [0.4, 0.5) is 0 Å². The smallest absolute Gasteiger partial charge is 0.322 e. The third-order valence-corrected chi connectivity index (χ3v) is 2.64. The predicted octanol–water partition coefficient (Wildman–Crippen LogP) is 0.656. The molecule has 0 aliphatic rings. The molecule has 0 aliphatic heterocycles. The van der Waals surface area contributed by atoms with Crippen molar-refractivity contribution in [1.29, 1.82) is 0 Å². The van der Waals surface area contributed by atoms with E-state index in [1.807, 2.05) is 18.2 Å². The first kappa shape index (κ1) is 15.2. The number of hydrogen-bond acceptors (Lipinski definition) is 3. The molecule has 104 valence electrons. The lowest BCUT2D eigenvalue weighted by atomic mass is 10.0. The topological polar surface area (TPSA) is 78.4 Å². The van der Waals surface area contributed by atoms with Crippen molar-refractivity contribution < 1.29 is 14.7 Å². The highest BCUT2D eigenvalue weighted by molar-refractivity contribution is 5.82. The quantitative estimate of drug-likeness (QED) is 0.644. The van der Waals surface area contributed by atoms with E-state index in [9.17, 15) is 9.59 Å². The van der Waals surface area contributed by atoms with E-state index in [0.29, 0.717) is 5.92 Å². The predicted molar refractivity (Wildman–Crippen MR) is 72.8 cm³/mol. The summed E-state index contributed by atoms with van der Waals surface area (Å²) in [5.41, 5.74) is 1.27. The van der Waals surface area contributed by atoms with Gasteiger partial charge in [-0.05, 0) is 24.4 Å². The number of hydrogen-bond donors (Lipinski definition) is 3. The molecule has 0 saturated heterocycles. The van der Waals surface area contributed by atoms with E-state index < -0.39 is 5.97 Å². The van der Waals surface area contributed by atoms with Crippen LogP contribution >= 0.6 is 0 Å². The molecule has 1 rings (SSSR count). The molecule has 1 atom stereocenters. The van der Waals surface area contributed by atoms with Gasteiger partial charge in [0.05, 0.1) is 6.54 Å². The number of carbonyl (C=O) groups excluding carboxylic acids is 1. The summed E-state index contributed by atoms with van der Waals surface area (Å²) < 4.78 is 0. The summed E-state index contributed by atoms with van der Waals surface area (Å²) in [5, 5.41) is 13.7. The third-order valence-electron chi connectivity index (χ3n) is 2.64. The fourth-order valence-electron chi connectivity index (χ4n) is 1.76. The maximum atomic E-state index is 11.3. The average Bonchev–Trinajstić information content (AvgIpc) is 2.37. The number of benzene rings is 1. The van der Waals surface area contributed by atoms with Gasteiger partial charge in [0.25, 0.3) is 0 Å². The zero-order chi connectivity index (χ0) is 14.1. The van der Waals surface area contributed by atoms with Crippen molar-refractivity contribution in [2.75, 3.05) is 19.6 Å². The van der Waals surface area contributed by atoms with Gasteiger partial charge in [-0.2, -0.15) is 0 Å². The number of rotatable bonds is 8. The number of aliphatic carboxylic acids is 1. The van der Waals surface area contributed by atoms with Crippen LogP contribution in [0.2, 0.25) is 0 Å². The van der Waals surface area contributed by atoms with Crippen LogP contribution in [0.5, 0.6) is 0 Å². The normalized spacial score (nSPS) is 11.8. The van der Waals surface area contributed by atoms with Crippen LogP contribution in [0.3, 0.4) is 0 Å². The molecule has 3 N–H and O–H groups in total. The Hall–Kier alpha value is -1.88. The molecule has 1 unspecified atom stereocenters. The Balaban J connectivity index is 2.15. The van der Waals surface area contributed by atoms with E-state index in [0.717, 1.165) is 13.0 Å². The number of amides is 1. The standard InChI is InChI=1S/C14H20N2O3/c1-11(7-12-5-3-2-4-6-12)8-15-9-13(17)16-10-14(18)19/h2-6,11,15H,7-10H2,1H3,(H,16,17)(H,18,19). The summed E-state index contributed by atoms with van der Waals surface area (Å²) >= 11 is 0. The van der Waals surface area contributed by atoms with Crippen molar-refractivity contribution in [2.45, 2.75) is 13.3 Å². The second kappa shape index (κ2) is 8.26. The Morgan fingerprint density at radius 1 is 1.21 bits per heavy atom. The van der Waals surface area contributed by atoms with Crippen LogP contribution in [0.1, 0.15) is 12.5 Å². The Kier molecular flexibility index (Phi) is 6.60. The van der Waals surface area contributed by atoms with Crippen molar-refractivity contribution in [3.8, 4) is 0 Å². The largest absolute Gasteiger partial charge is 0.480 e. The number of carbonyl (C=O) groups is 2. The monoisotopic (exact) mass is 264 g/mol. The van der Waals surface area contributed by atoms with Gasteiger partial charge in [-0.15, -0.1) is 0 Å². The first-order chi connectivity index (χ1) is 9.08. The van der Waals surface area contributed by atoms with Gasteiger partial charge in [0.1, 0.15) is 6.54 Å². The summed E-state index contributed by atoms with van der Waals surface area (Å²) in [6, 6.07) is 10.2. The van der Waals surface area contributed by atoms with E-state index in [1.165, 1.54) is 5.56 Å². The van der Waals surface area contributed by atoms with Crippen molar-refractivity contribution in [2.24, 2.45) is 5.92 Å². The molecule has 0 spiro atoms. The SMILES string of the molecule is CC(CNCC(=O)NCC(=O)O)Cc1ccccc1. The van der Waals surface area contributed by atoms with Crippen molar-refractivity contribution in [1.82, 2.24) is 10.6 Å². The minimum Gasteiger partial charge on any atom is -0.480 e. The fourth-order valence-corrected chi connectivity index (χ4v) is 1.76. The lowest BCUT2D eigenvalue weighted by Crippen LogP contribution is -2.38. The Morgan fingerprint density at radius 3 is 2.53 bits per heavy atom. The molecule has 1 aromatic carbocycles. The first-order valence-electron chi connectivity index (χ1n) is 6.31. The summed E-state index contributed by atoms with van der Waals surface area (Å²) in [4.78, 5) is 21.5. The van der Waals surface area contributed by atoms with Crippen LogP contribution < -0.4 is 10.6 Å². The highest BCUT2D eigenvalue weighted by atomic mass is 16.4. The van der Waals surface area contributed by atoms with Crippen LogP contribution in [0.15, 0.2) is 30.3 Å². The number of carboxylic acids is 1. The molecule has 5 nitrogen and oxygen atoms in total. The molecule has 0 fully saturated rings. The molecule has 1 aromatic rings. The van der Waals surface area contributed by atoms with Gasteiger partial charge >= 0.3 is 5.97 Å². The summed E-state index contributed by atoms with van der Waals surface area (Å²) in [6.45, 7) is 2.64. The highest BCUT2D eigenvalue weighted by Gasteiger charge is 2.06. The van der Waals surface area contributed by atoms with Crippen molar-refractivity contribution >= 4 is 11.9 Å². The Bertz CT molecular complexity index is 406. The highest BCUT2D eigenvalue weighted by Crippen LogP contribution is 2.06. The molecule has 0 heterocycles. The molecule has 0 saturated carbocycles. The third kappa shape index (κ3) is 7.21. The average molecular weight is 264 g/mol. The van der Waals surface area contributed by atoms with Gasteiger partial charge in [0.15, 0.2) is 0 Å². The Morgan fingerprint density at radius 2 is 1.89 bits per heavy atom. The lowest BCUT2D eigenvalue weighted by molar-refractivity contribution is -0.137. The van der Waals surface area contributed by atoms with Gasteiger partial charge in [-0.1, -0.05) is 37.3 Å². The summed E-state index contributed by atoms with van der Waals surface area (Å²) in [6.07, 6.45) is 0.949. The molecular weight excluding hydrogens is 244 g/mol. The van der Waals surface area contributed by atoms with Crippen LogP contribution in [0, 0.1) is 5.92 Å². The van der Waals surface area contributed by atoms with Crippen LogP contribution in [0.25, 0.3) is 0 Å². The molecule has 0 radical (unpaired) electrons. The van der Waals surface area contributed by atoms with Crippen molar-refractivity contribution in [3.63, 3.8) is 0 Å². The minimum atomic E-state index is -1.04. The van der Waals surface area contributed by atoms with E-state index in [-0.39, 0.29) is 19.0 Å². The maximum absolute atomic E-state index is 11.3. The van der Waals surface area contributed by atoms with Crippen LogP contribution in [-0.2, 0) is 16.0 Å². The van der Waals surface area contributed by atoms with E-state index in [1.54, 1.807) is 0 Å². The maximum Gasteiger partial charge on any atom is 0.322 e. The second-order valence-corrected chi connectivity index (χ2v) is 4.60. The minimum absolute atomic E-state index is 0.145. The second-order valence-electron chi connectivity index (χ2n) is 4.60. The molecule has 19 heavy (non-hydrogen) atoms. The molecular formula is C14H20N2O3. The molecule has 0 aliphatic carbocycles. The number of carboxylic acid groups (broad SMARTS) is 1. The van der Waals surface area contributed by atoms with Crippen LogP contribution in [-0.4, -0.2) is 36.6 Å². The molecule has 0 bridgehead atoms. The Labute approximate surface area is 113 Å². The first-order valence-corrected chi connectivity index (χ1v) is 6.31. The number of nitrogens with one attached hydrogen (secondary N) is 2. The zero-order valence-corrected chi connectivity index (χ0v) is 11.1.